The molecule has 2 aliphatic heterocycles. The van der Waals surface area contributed by atoms with Crippen LogP contribution < -0.4 is 0 Å². The van der Waals surface area contributed by atoms with Crippen LogP contribution in [0, 0.1) is 23.1 Å². The predicted octanol–water partition coefficient (Wildman–Crippen LogP) is 2.35. The zero-order valence-electron chi connectivity index (χ0n) is 13.6. The first-order valence-corrected chi connectivity index (χ1v) is 8.00. The summed E-state index contributed by atoms with van der Waals surface area (Å²) < 4.78 is 29.7. The van der Waals surface area contributed by atoms with Crippen LogP contribution in [0.15, 0.2) is 24.3 Å². The Morgan fingerprint density at radius 2 is 2.08 bits per heavy atom. The van der Waals surface area contributed by atoms with Gasteiger partial charge in [-0.3, -0.25) is 4.79 Å². The van der Waals surface area contributed by atoms with Crippen LogP contribution in [0.25, 0.3) is 0 Å². The number of carbonyl (C=O) groups is 1. The number of nitriles is 1. The molecule has 1 spiro atoms. The van der Waals surface area contributed by atoms with Crippen LogP contribution in [0.3, 0.4) is 0 Å². The third kappa shape index (κ3) is 2.79. The molecule has 2 aliphatic rings. The van der Waals surface area contributed by atoms with E-state index in [9.17, 15) is 14.4 Å². The number of rotatable bonds is 3. The third-order valence-corrected chi connectivity index (χ3v) is 5.20. The zero-order valence-corrected chi connectivity index (χ0v) is 13.6. The van der Waals surface area contributed by atoms with Crippen LogP contribution in [0.5, 0.6) is 0 Å². The third-order valence-electron chi connectivity index (χ3n) is 5.20. The van der Waals surface area contributed by atoms with E-state index in [4.69, 9.17) is 14.2 Å². The van der Waals surface area contributed by atoms with Gasteiger partial charge in [0.15, 0.2) is 5.92 Å². The van der Waals surface area contributed by atoms with Crippen molar-refractivity contribution in [1.29, 1.82) is 5.26 Å². The van der Waals surface area contributed by atoms with Gasteiger partial charge in [-0.25, -0.2) is 4.39 Å². The molecule has 0 radical (unpaired) electrons. The highest BCUT2D eigenvalue weighted by Crippen LogP contribution is 2.49. The Kier molecular flexibility index (Phi) is 4.57. The standard InChI is InChI=1S/C18H20FNO4/c1-22-16(21)15(10-20)18(13-2-4-14(19)5-3-13)7-9-24-17(11-18)6-8-23-12-17/h2-5,15H,6-9,11-12H2,1H3. The highest BCUT2D eigenvalue weighted by atomic mass is 19.1. The molecule has 3 unspecified atom stereocenters. The lowest BCUT2D eigenvalue weighted by Gasteiger charge is -2.47. The summed E-state index contributed by atoms with van der Waals surface area (Å²) in [6.07, 6.45) is 1.68. The van der Waals surface area contributed by atoms with Gasteiger partial charge >= 0.3 is 5.97 Å². The zero-order chi connectivity index (χ0) is 17.2. The van der Waals surface area contributed by atoms with Gasteiger partial charge in [0, 0.05) is 25.0 Å². The number of halogens is 1. The Bertz CT molecular complexity index is 648. The molecule has 2 saturated heterocycles. The maximum Gasteiger partial charge on any atom is 0.323 e. The summed E-state index contributed by atoms with van der Waals surface area (Å²) in [5.41, 5.74) is -0.521. The van der Waals surface area contributed by atoms with E-state index < -0.39 is 22.9 Å². The molecule has 128 valence electrons. The van der Waals surface area contributed by atoms with Crippen molar-refractivity contribution in [3.8, 4) is 6.07 Å². The molecule has 6 heteroatoms. The van der Waals surface area contributed by atoms with E-state index in [-0.39, 0.29) is 5.82 Å². The predicted molar refractivity (Wildman–Crippen MR) is 82.6 cm³/mol. The summed E-state index contributed by atoms with van der Waals surface area (Å²) in [5, 5.41) is 9.70. The molecular formula is C18H20FNO4. The number of esters is 1. The Hall–Kier alpha value is -1.97. The van der Waals surface area contributed by atoms with Gasteiger partial charge in [-0.1, -0.05) is 12.1 Å². The van der Waals surface area contributed by atoms with Crippen molar-refractivity contribution in [2.24, 2.45) is 5.92 Å². The maximum absolute atomic E-state index is 13.4. The highest BCUT2D eigenvalue weighted by Gasteiger charge is 2.54. The number of hydrogen-bond acceptors (Lipinski definition) is 5. The van der Waals surface area contributed by atoms with E-state index in [1.165, 1.54) is 19.2 Å². The van der Waals surface area contributed by atoms with Gasteiger partial charge in [-0.15, -0.1) is 0 Å². The Balaban J connectivity index is 2.08. The lowest BCUT2D eigenvalue weighted by atomic mass is 9.61. The van der Waals surface area contributed by atoms with Crippen LogP contribution in [0.1, 0.15) is 24.8 Å². The van der Waals surface area contributed by atoms with Gasteiger partial charge in [0.25, 0.3) is 0 Å². The fourth-order valence-corrected chi connectivity index (χ4v) is 3.97. The number of benzene rings is 1. The van der Waals surface area contributed by atoms with Crippen molar-refractivity contribution >= 4 is 5.97 Å². The largest absolute Gasteiger partial charge is 0.468 e. The summed E-state index contributed by atoms with van der Waals surface area (Å²) in [5.74, 6) is -1.90. The molecular weight excluding hydrogens is 313 g/mol. The van der Waals surface area contributed by atoms with Crippen LogP contribution in [-0.4, -0.2) is 38.5 Å². The minimum absolute atomic E-state index is 0.355. The van der Waals surface area contributed by atoms with E-state index in [1.54, 1.807) is 12.1 Å². The second kappa shape index (κ2) is 6.50. The number of nitrogens with zero attached hydrogens (tertiary/aromatic N) is 1. The van der Waals surface area contributed by atoms with Crippen molar-refractivity contribution < 1.29 is 23.4 Å². The van der Waals surface area contributed by atoms with E-state index in [1.807, 2.05) is 0 Å². The van der Waals surface area contributed by atoms with E-state index in [0.29, 0.717) is 32.7 Å². The maximum atomic E-state index is 13.4. The van der Waals surface area contributed by atoms with Crippen LogP contribution >= 0.6 is 0 Å². The van der Waals surface area contributed by atoms with Crippen molar-refractivity contribution in [2.45, 2.75) is 30.3 Å². The molecule has 0 amide bonds. The minimum atomic E-state index is -0.977. The van der Waals surface area contributed by atoms with Crippen molar-refractivity contribution in [1.82, 2.24) is 0 Å². The molecule has 0 aliphatic carbocycles. The quantitative estimate of drug-likeness (QED) is 0.794. The first-order chi connectivity index (χ1) is 11.6. The van der Waals surface area contributed by atoms with Gasteiger partial charge in [0.05, 0.1) is 25.4 Å². The van der Waals surface area contributed by atoms with Gasteiger partial charge in [-0.2, -0.15) is 5.26 Å². The summed E-state index contributed by atoms with van der Waals surface area (Å²) in [7, 11) is 1.28. The van der Waals surface area contributed by atoms with Gasteiger partial charge in [0.1, 0.15) is 5.82 Å². The fraction of sp³-hybridized carbons (Fsp3) is 0.556. The van der Waals surface area contributed by atoms with Crippen LogP contribution in [0.2, 0.25) is 0 Å². The molecule has 2 fully saturated rings. The first-order valence-electron chi connectivity index (χ1n) is 8.00. The van der Waals surface area contributed by atoms with Crippen molar-refractivity contribution in [3.63, 3.8) is 0 Å². The number of methoxy groups -OCH3 is 1. The molecule has 0 bridgehead atoms. The smallest absolute Gasteiger partial charge is 0.323 e. The molecule has 1 aromatic carbocycles. The van der Waals surface area contributed by atoms with E-state index in [2.05, 4.69) is 6.07 Å². The van der Waals surface area contributed by atoms with Gasteiger partial charge in [0.2, 0.25) is 0 Å². The number of ether oxygens (including phenoxy) is 3. The Labute approximate surface area is 140 Å². The van der Waals surface area contributed by atoms with Crippen molar-refractivity contribution in [2.75, 3.05) is 26.9 Å². The monoisotopic (exact) mass is 333 g/mol. The molecule has 24 heavy (non-hydrogen) atoms. The second-order valence-corrected chi connectivity index (χ2v) is 6.51. The summed E-state index contributed by atoms with van der Waals surface area (Å²) >= 11 is 0. The highest BCUT2D eigenvalue weighted by molar-refractivity contribution is 5.77. The summed E-state index contributed by atoms with van der Waals surface area (Å²) in [6, 6.07) is 8.13. The topological polar surface area (TPSA) is 68.6 Å². The molecule has 1 aromatic rings. The Morgan fingerprint density at radius 3 is 2.67 bits per heavy atom. The SMILES string of the molecule is COC(=O)C(C#N)C1(c2ccc(F)cc2)CCOC2(CCOC2)C1. The molecule has 0 saturated carbocycles. The summed E-state index contributed by atoms with van der Waals surface area (Å²) in [6.45, 7) is 1.44. The molecule has 0 aromatic heterocycles. The average Bonchev–Trinajstić information content (AvgIpc) is 3.03. The first kappa shape index (κ1) is 16.9. The fourth-order valence-electron chi connectivity index (χ4n) is 3.97. The molecule has 3 atom stereocenters. The van der Waals surface area contributed by atoms with E-state index in [0.717, 1.165) is 12.0 Å². The lowest BCUT2D eigenvalue weighted by Crippen LogP contribution is -2.53. The van der Waals surface area contributed by atoms with E-state index >= 15 is 0 Å². The van der Waals surface area contributed by atoms with Gasteiger partial charge in [-0.05, 0) is 30.5 Å². The minimum Gasteiger partial charge on any atom is -0.468 e. The van der Waals surface area contributed by atoms with Gasteiger partial charge < -0.3 is 14.2 Å². The molecule has 5 nitrogen and oxygen atoms in total. The second-order valence-electron chi connectivity index (χ2n) is 6.51. The van der Waals surface area contributed by atoms with Crippen LogP contribution in [-0.2, 0) is 24.4 Å². The average molecular weight is 333 g/mol. The molecule has 0 N–H and O–H groups in total. The number of hydrogen-bond donors (Lipinski definition) is 0. The van der Waals surface area contributed by atoms with Crippen molar-refractivity contribution in [3.05, 3.63) is 35.6 Å². The Morgan fingerprint density at radius 1 is 1.33 bits per heavy atom. The molecule has 3 rings (SSSR count). The lowest BCUT2D eigenvalue weighted by molar-refractivity contribution is -0.153. The van der Waals surface area contributed by atoms with Crippen LogP contribution in [0.4, 0.5) is 4.39 Å². The molecule has 2 heterocycles. The normalized spacial score (nSPS) is 30.7. The summed E-state index contributed by atoms with van der Waals surface area (Å²) in [4.78, 5) is 12.3. The number of carbonyl (C=O) groups excluding carboxylic acids is 1.